The molecule has 2 N–H and O–H groups in total. The van der Waals surface area contributed by atoms with Gasteiger partial charge in [-0.25, -0.2) is 13.4 Å². The average molecular weight is 414 g/mol. The van der Waals surface area contributed by atoms with Crippen LogP contribution in [0.2, 0.25) is 0 Å². The topological polar surface area (TPSA) is 105 Å². The Morgan fingerprint density at radius 3 is 2.48 bits per heavy atom. The fraction of sp³-hybridized carbons (Fsp3) is 0.200. The molecule has 1 amide bonds. The maximum Gasteiger partial charge on any atom is 0.287 e. The number of anilines is 2. The number of nitrogens with zero attached hydrogens (tertiary/aromatic N) is 2. The molecule has 3 rings (SSSR count). The molecule has 0 spiro atoms. The molecule has 3 aromatic rings. The first kappa shape index (κ1) is 20.4. The summed E-state index contributed by atoms with van der Waals surface area (Å²) in [6.45, 7) is 2.88. The third kappa shape index (κ3) is 4.94. The molecule has 0 aliphatic heterocycles. The van der Waals surface area contributed by atoms with Gasteiger partial charge in [-0.15, -0.1) is 0 Å². The molecule has 152 valence electrons. The van der Waals surface area contributed by atoms with E-state index in [0.717, 1.165) is 0 Å². The number of rotatable bonds is 9. The van der Waals surface area contributed by atoms with Gasteiger partial charge in [-0.3, -0.25) is 9.10 Å². The maximum atomic E-state index is 12.9. The number of para-hydroxylation sites is 1. The summed E-state index contributed by atoms with van der Waals surface area (Å²) < 4.78 is 32.2. The smallest absolute Gasteiger partial charge is 0.287 e. The first-order valence-corrected chi connectivity index (χ1v) is 10.6. The van der Waals surface area contributed by atoms with Gasteiger partial charge in [0.05, 0.1) is 12.0 Å². The fourth-order valence-electron chi connectivity index (χ4n) is 2.71. The molecule has 9 heteroatoms. The predicted octanol–water partition coefficient (Wildman–Crippen LogP) is 2.73. The van der Waals surface area contributed by atoms with Crippen LogP contribution in [-0.4, -0.2) is 38.9 Å². The number of aromatic nitrogens is 1. The first-order valence-electron chi connectivity index (χ1n) is 9.12. The summed E-state index contributed by atoms with van der Waals surface area (Å²) in [7, 11) is -3.71. The first-order chi connectivity index (χ1) is 14.0. The Balaban J connectivity index is 1.58. The minimum atomic E-state index is -3.71. The summed E-state index contributed by atoms with van der Waals surface area (Å²) in [6, 6.07) is 15.3. The van der Waals surface area contributed by atoms with Gasteiger partial charge in [-0.05, 0) is 43.3 Å². The Morgan fingerprint density at radius 1 is 1.07 bits per heavy atom. The maximum absolute atomic E-state index is 12.9. The molecule has 1 aromatic carbocycles. The number of amides is 1. The van der Waals surface area contributed by atoms with Gasteiger partial charge in [0.25, 0.3) is 15.9 Å². The highest BCUT2D eigenvalue weighted by molar-refractivity contribution is 7.92. The zero-order valence-electron chi connectivity index (χ0n) is 15.9. The monoisotopic (exact) mass is 414 g/mol. The molecule has 0 fully saturated rings. The van der Waals surface area contributed by atoms with E-state index < -0.39 is 10.0 Å². The zero-order chi connectivity index (χ0) is 20.7. The van der Waals surface area contributed by atoms with Crippen LogP contribution >= 0.6 is 0 Å². The summed E-state index contributed by atoms with van der Waals surface area (Å²) in [5.41, 5.74) is 0.601. The number of nitrogens with one attached hydrogen (secondary N) is 2. The summed E-state index contributed by atoms with van der Waals surface area (Å²) in [6.07, 6.45) is 2.76. The zero-order valence-corrected chi connectivity index (χ0v) is 16.7. The van der Waals surface area contributed by atoms with Crippen LogP contribution in [0.4, 0.5) is 11.5 Å². The number of hydrogen-bond donors (Lipinski definition) is 2. The van der Waals surface area contributed by atoms with E-state index in [4.69, 9.17) is 4.42 Å². The van der Waals surface area contributed by atoms with E-state index in [9.17, 15) is 13.2 Å². The van der Waals surface area contributed by atoms with E-state index in [1.165, 1.54) is 22.8 Å². The second kappa shape index (κ2) is 9.24. The molecule has 2 aromatic heterocycles. The molecule has 0 saturated heterocycles. The lowest BCUT2D eigenvalue weighted by Crippen LogP contribution is -2.31. The molecule has 0 aliphatic carbocycles. The molecule has 0 saturated carbocycles. The minimum absolute atomic E-state index is 0.111. The van der Waals surface area contributed by atoms with E-state index in [1.807, 2.05) is 6.07 Å². The van der Waals surface area contributed by atoms with Gasteiger partial charge < -0.3 is 15.1 Å². The summed E-state index contributed by atoms with van der Waals surface area (Å²) in [4.78, 5) is 16.0. The second-order valence-corrected chi connectivity index (χ2v) is 7.91. The number of furan rings is 1. The van der Waals surface area contributed by atoms with Crippen molar-refractivity contribution in [2.75, 3.05) is 29.3 Å². The van der Waals surface area contributed by atoms with Crippen molar-refractivity contribution in [3.05, 3.63) is 72.8 Å². The molecule has 2 heterocycles. The lowest BCUT2D eigenvalue weighted by Gasteiger charge is -2.22. The highest BCUT2D eigenvalue weighted by Crippen LogP contribution is 2.23. The van der Waals surface area contributed by atoms with Crippen molar-refractivity contribution in [1.29, 1.82) is 0 Å². The number of pyridine rings is 1. The largest absolute Gasteiger partial charge is 0.459 e. The molecular weight excluding hydrogens is 392 g/mol. The van der Waals surface area contributed by atoms with Crippen molar-refractivity contribution in [1.82, 2.24) is 10.3 Å². The van der Waals surface area contributed by atoms with Crippen molar-refractivity contribution < 1.29 is 17.6 Å². The molecule has 29 heavy (non-hydrogen) atoms. The van der Waals surface area contributed by atoms with Gasteiger partial charge in [-0.2, -0.15) is 0 Å². The van der Waals surface area contributed by atoms with Crippen LogP contribution in [0.15, 0.2) is 76.4 Å². The molecule has 0 bridgehead atoms. The van der Waals surface area contributed by atoms with Gasteiger partial charge in [0.1, 0.15) is 10.7 Å². The van der Waals surface area contributed by atoms with Crippen LogP contribution in [0.25, 0.3) is 0 Å². The van der Waals surface area contributed by atoms with E-state index in [-0.39, 0.29) is 16.6 Å². The van der Waals surface area contributed by atoms with E-state index in [0.29, 0.717) is 31.1 Å². The molecule has 0 atom stereocenters. The number of hydrogen-bond acceptors (Lipinski definition) is 6. The van der Waals surface area contributed by atoms with Crippen molar-refractivity contribution >= 4 is 27.4 Å². The van der Waals surface area contributed by atoms with Gasteiger partial charge >= 0.3 is 0 Å². The van der Waals surface area contributed by atoms with Crippen molar-refractivity contribution in [3.8, 4) is 0 Å². The second-order valence-electron chi connectivity index (χ2n) is 6.04. The molecule has 8 nitrogen and oxygen atoms in total. The van der Waals surface area contributed by atoms with Crippen LogP contribution in [-0.2, 0) is 10.0 Å². The van der Waals surface area contributed by atoms with Crippen LogP contribution in [0, 0.1) is 0 Å². The third-order valence-corrected chi connectivity index (χ3v) is 6.00. The Morgan fingerprint density at radius 2 is 1.86 bits per heavy atom. The third-order valence-electron chi connectivity index (χ3n) is 4.12. The number of sulfonamides is 1. The van der Waals surface area contributed by atoms with Crippen LogP contribution in [0.3, 0.4) is 0 Å². The van der Waals surface area contributed by atoms with Gasteiger partial charge in [0.15, 0.2) is 5.76 Å². The lowest BCUT2D eigenvalue weighted by atomic mass is 10.3. The SMILES string of the molecule is CCN(c1ccccc1)S(=O)(=O)c1ccc(NCCNC(=O)c2ccco2)nc1. The Hall–Kier alpha value is -3.33. The highest BCUT2D eigenvalue weighted by atomic mass is 32.2. The number of carbonyl (C=O) groups excluding carboxylic acids is 1. The molecular formula is C20H22N4O4S. The summed E-state index contributed by atoms with van der Waals surface area (Å²) in [5, 5.41) is 5.74. The van der Waals surface area contributed by atoms with E-state index in [1.54, 1.807) is 49.4 Å². The van der Waals surface area contributed by atoms with Crippen molar-refractivity contribution in [2.24, 2.45) is 0 Å². The van der Waals surface area contributed by atoms with Crippen LogP contribution < -0.4 is 14.9 Å². The van der Waals surface area contributed by atoms with Crippen LogP contribution in [0.5, 0.6) is 0 Å². The standard InChI is InChI=1S/C20H22N4O4S/c1-2-24(16-7-4-3-5-8-16)29(26,27)17-10-11-19(23-15-17)21-12-13-22-20(25)18-9-6-14-28-18/h3-11,14-15H,2,12-13H2,1H3,(H,21,23)(H,22,25). The van der Waals surface area contributed by atoms with Crippen molar-refractivity contribution in [2.45, 2.75) is 11.8 Å². The Bertz CT molecular complexity index is 1020. The fourth-order valence-corrected chi connectivity index (χ4v) is 4.13. The molecule has 0 aliphatic rings. The van der Waals surface area contributed by atoms with Crippen molar-refractivity contribution in [3.63, 3.8) is 0 Å². The summed E-state index contributed by atoms with van der Waals surface area (Å²) in [5.74, 6) is 0.460. The minimum Gasteiger partial charge on any atom is -0.459 e. The Kier molecular flexibility index (Phi) is 6.50. The molecule has 0 unspecified atom stereocenters. The predicted molar refractivity (Wildman–Crippen MR) is 110 cm³/mol. The van der Waals surface area contributed by atoms with Gasteiger partial charge in [-0.1, -0.05) is 18.2 Å². The Labute approximate surface area is 169 Å². The quantitative estimate of drug-likeness (QED) is 0.522. The van der Waals surface area contributed by atoms with Gasteiger partial charge in [0.2, 0.25) is 0 Å². The van der Waals surface area contributed by atoms with Crippen LogP contribution in [0.1, 0.15) is 17.5 Å². The van der Waals surface area contributed by atoms with E-state index in [2.05, 4.69) is 15.6 Å². The number of benzene rings is 1. The average Bonchev–Trinajstić information content (AvgIpc) is 3.28. The normalized spacial score (nSPS) is 11.1. The highest BCUT2D eigenvalue weighted by Gasteiger charge is 2.23. The van der Waals surface area contributed by atoms with E-state index >= 15 is 0 Å². The lowest BCUT2D eigenvalue weighted by molar-refractivity contribution is 0.0927. The number of carbonyl (C=O) groups is 1. The molecule has 0 radical (unpaired) electrons. The summed E-state index contributed by atoms with van der Waals surface area (Å²) >= 11 is 0. The van der Waals surface area contributed by atoms with Gasteiger partial charge in [0, 0.05) is 25.8 Å².